The smallest absolute Gasteiger partial charge is 0.338 e. The maximum absolute atomic E-state index is 13.2. The van der Waals surface area contributed by atoms with Gasteiger partial charge >= 0.3 is 5.97 Å². The lowest BCUT2D eigenvalue weighted by Gasteiger charge is -2.36. The van der Waals surface area contributed by atoms with Gasteiger partial charge in [0, 0.05) is 12.2 Å². The van der Waals surface area contributed by atoms with Gasteiger partial charge in [0.1, 0.15) is 6.61 Å². The molecule has 0 radical (unpaired) electrons. The normalized spacial score (nSPS) is 16.5. The van der Waals surface area contributed by atoms with Crippen LogP contribution >= 0.6 is 11.8 Å². The number of benzene rings is 2. The Balaban J connectivity index is 1.70. The van der Waals surface area contributed by atoms with Crippen molar-refractivity contribution in [3.63, 3.8) is 0 Å². The van der Waals surface area contributed by atoms with E-state index in [1.54, 1.807) is 7.11 Å². The molecule has 8 nitrogen and oxygen atoms in total. The largest absolute Gasteiger partial charge is 0.493 e. The van der Waals surface area contributed by atoms with E-state index in [9.17, 15) is 9.59 Å². The predicted molar refractivity (Wildman–Crippen MR) is 153 cm³/mol. The van der Waals surface area contributed by atoms with Crippen molar-refractivity contribution < 1.29 is 23.8 Å². The number of carbonyl (C=O) groups is 2. The Morgan fingerprint density at radius 2 is 1.87 bits per heavy atom. The molecule has 2 aliphatic rings. The SMILES string of the molecule is CCC1=C(C(=O)OC)[C@@H](c2ccc(OCc3ccccc3)c(OC)c2)N2C(CC(=O)NCC(C)C)=CSC2=N1. The maximum atomic E-state index is 13.2. The van der Waals surface area contributed by atoms with Crippen LogP contribution in [0.2, 0.25) is 0 Å². The quantitative estimate of drug-likeness (QED) is 0.366. The highest BCUT2D eigenvalue weighted by atomic mass is 32.2. The van der Waals surface area contributed by atoms with Crippen molar-refractivity contribution in [2.24, 2.45) is 10.9 Å². The van der Waals surface area contributed by atoms with Crippen LogP contribution in [0.5, 0.6) is 11.5 Å². The van der Waals surface area contributed by atoms with Crippen molar-refractivity contribution >= 4 is 28.8 Å². The molecule has 1 amide bonds. The number of aliphatic imine (C=N–C) groups is 1. The standard InChI is InChI=1S/C30H35N3O5S/c1-6-23-27(29(35)37-5)28(33-22(18-39-30(33)32-23)15-26(34)31-16-19(2)3)21-12-13-24(25(14-21)36-4)38-17-20-10-8-7-9-11-20/h7-14,18-19,28H,6,15-17H2,1-5H3,(H,31,34)/t28-/m1/s1. The molecule has 1 atom stereocenters. The number of ether oxygens (including phenoxy) is 3. The molecule has 4 rings (SSSR count). The Labute approximate surface area is 234 Å². The van der Waals surface area contributed by atoms with Crippen LogP contribution in [0.3, 0.4) is 0 Å². The first-order valence-corrected chi connectivity index (χ1v) is 13.9. The zero-order chi connectivity index (χ0) is 27.9. The lowest BCUT2D eigenvalue weighted by Crippen LogP contribution is -2.38. The Morgan fingerprint density at radius 3 is 2.54 bits per heavy atom. The van der Waals surface area contributed by atoms with Gasteiger partial charge in [0.05, 0.1) is 38.0 Å². The van der Waals surface area contributed by atoms with E-state index >= 15 is 0 Å². The van der Waals surface area contributed by atoms with Crippen molar-refractivity contribution in [1.82, 2.24) is 10.2 Å². The first kappa shape index (κ1) is 28.3. The lowest BCUT2D eigenvalue weighted by atomic mass is 9.92. The van der Waals surface area contributed by atoms with Crippen LogP contribution in [-0.4, -0.2) is 42.7 Å². The Bertz CT molecular complexity index is 1300. The number of nitrogens with zero attached hydrogens (tertiary/aromatic N) is 2. The van der Waals surface area contributed by atoms with Gasteiger partial charge < -0.3 is 24.4 Å². The molecule has 2 aromatic carbocycles. The number of hydrogen-bond acceptors (Lipinski definition) is 8. The van der Waals surface area contributed by atoms with E-state index in [-0.39, 0.29) is 12.3 Å². The summed E-state index contributed by atoms with van der Waals surface area (Å²) in [7, 11) is 2.96. The molecule has 1 N–H and O–H groups in total. The van der Waals surface area contributed by atoms with Gasteiger partial charge in [-0.15, -0.1) is 0 Å². The highest BCUT2D eigenvalue weighted by Gasteiger charge is 2.41. The number of thioether (sulfide) groups is 1. The number of allylic oxidation sites excluding steroid dienone is 1. The van der Waals surface area contributed by atoms with Crippen LogP contribution in [-0.2, 0) is 20.9 Å². The van der Waals surface area contributed by atoms with Crippen molar-refractivity contribution in [3.8, 4) is 11.5 Å². The molecule has 2 aliphatic heterocycles. The van der Waals surface area contributed by atoms with E-state index in [0.29, 0.717) is 48.3 Å². The topological polar surface area (TPSA) is 89.5 Å². The number of amidine groups is 1. The zero-order valence-electron chi connectivity index (χ0n) is 23.0. The minimum absolute atomic E-state index is 0.0809. The van der Waals surface area contributed by atoms with Gasteiger partial charge in [-0.2, -0.15) is 0 Å². The molecule has 0 saturated carbocycles. The molecule has 2 heterocycles. The number of carbonyl (C=O) groups excluding carboxylic acids is 2. The summed E-state index contributed by atoms with van der Waals surface area (Å²) >= 11 is 1.45. The number of amides is 1. The summed E-state index contributed by atoms with van der Waals surface area (Å²) in [6.07, 6.45) is 0.721. The Kier molecular flexibility index (Phi) is 9.35. The second-order valence-electron chi connectivity index (χ2n) is 9.66. The van der Waals surface area contributed by atoms with Gasteiger partial charge in [-0.25, -0.2) is 9.79 Å². The lowest BCUT2D eigenvalue weighted by molar-refractivity contribution is -0.136. The van der Waals surface area contributed by atoms with Crippen molar-refractivity contribution in [1.29, 1.82) is 0 Å². The number of fused-ring (bicyclic) bond motifs is 1. The van der Waals surface area contributed by atoms with Gasteiger partial charge in [0.25, 0.3) is 0 Å². The summed E-state index contributed by atoms with van der Waals surface area (Å²) in [6.45, 7) is 7.06. The Hall–Kier alpha value is -3.72. The summed E-state index contributed by atoms with van der Waals surface area (Å²) < 4.78 is 17.0. The summed E-state index contributed by atoms with van der Waals surface area (Å²) in [4.78, 5) is 32.7. The van der Waals surface area contributed by atoms with E-state index in [0.717, 1.165) is 22.0 Å². The molecular formula is C30H35N3O5S. The van der Waals surface area contributed by atoms with E-state index in [1.807, 2.05) is 65.8 Å². The summed E-state index contributed by atoms with van der Waals surface area (Å²) in [5.41, 5.74) is 3.71. The number of nitrogens with one attached hydrogen (secondary N) is 1. The fraction of sp³-hybridized carbons (Fsp3) is 0.367. The molecule has 2 aromatic rings. The highest BCUT2D eigenvalue weighted by Crippen LogP contribution is 2.46. The molecule has 9 heteroatoms. The molecule has 0 fully saturated rings. The van der Waals surface area contributed by atoms with Crippen LogP contribution in [0.25, 0.3) is 0 Å². The second-order valence-corrected chi connectivity index (χ2v) is 10.5. The van der Waals surface area contributed by atoms with E-state index in [4.69, 9.17) is 19.2 Å². The molecule has 0 aliphatic carbocycles. The molecule has 0 unspecified atom stereocenters. The van der Waals surface area contributed by atoms with E-state index in [1.165, 1.54) is 18.9 Å². The number of hydrogen-bond donors (Lipinski definition) is 1. The second kappa shape index (κ2) is 12.9. The fourth-order valence-electron chi connectivity index (χ4n) is 4.48. The van der Waals surface area contributed by atoms with Crippen molar-refractivity contribution in [2.45, 2.75) is 46.3 Å². The summed E-state index contributed by atoms with van der Waals surface area (Å²) in [5, 5.41) is 5.64. The van der Waals surface area contributed by atoms with Crippen LogP contribution in [0, 0.1) is 5.92 Å². The van der Waals surface area contributed by atoms with Crippen molar-refractivity contribution in [2.75, 3.05) is 20.8 Å². The van der Waals surface area contributed by atoms with E-state index in [2.05, 4.69) is 19.2 Å². The van der Waals surface area contributed by atoms with Crippen LogP contribution in [0.1, 0.15) is 50.8 Å². The van der Waals surface area contributed by atoms with Gasteiger partial charge in [-0.05, 0) is 41.0 Å². The highest BCUT2D eigenvalue weighted by molar-refractivity contribution is 8.16. The third-order valence-electron chi connectivity index (χ3n) is 6.42. The maximum Gasteiger partial charge on any atom is 0.338 e. The van der Waals surface area contributed by atoms with Crippen LogP contribution in [0.15, 0.2) is 75.9 Å². The molecule has 0 saturated heterocycles. The van der Waals surface area contributed by atoms with Gasteiger partial charge in [0.2, 0.25) is 5.91 Å². The molecule has 0 spiro atoms. The number of rotatable bonds is 11. The van der Waals surface area contributed by atoms with Gasteiger partial charge in [-0.3, -0.25) is 4.79 Å². The van der Waals surface area contributed by atoms with Gasteiger partial charge in [0.15, 0.2) is 16.7 Å². The van der Waals surface area contributed by atoms with Crippen LogP contribution < -0.4 is 14.8 Å². The Morgan fingerprint density at radius 1 is 1.10 bits per heavy atom. The average Bonchev–Trinajstić information content (AvgIpc) is 3.35. The molecule has 206 valence electrons. The fourth-order valence-corrected chi connectivity index (χ4v) is 5.42. The first-order chi connectivity index (χ1) is 18.9. The van der Waals surface area contributed by atoms with Gasteiger partial charge in [-0.1, -0.05) is 68.9 Å². The predicted octanol–water partition coefficient (Wildman–Crippen LogP) is 5.57. The first-order valence-electron chi connectivity index (χ1n) is 13.0. The minimum atomic E-state index is -0.545. The van der Waals surface area contributed by atoms with Crippen LogP contribution in [0.4, 0.5) is 0 Å². The third-order valence-corrected chi connectivity index (χ3v) is 7.31. The summed E-state index contributed by atoms with van der Waals surface area (Å²) in [6, 6.07) is 15.0. The zero-order valence-corrected chi connectivity index (χ0v) is 23.8. The average molecular weight is 550 g/mol. The number of methoxy groups -OCH3 is 2. The minimum Gasteiger partial charge on any atom is -0.493 e. The molecule has 0 bridgehead atoms. The monoisotopic (exact) mass is 549 g/mol. The third kappa shape index (κ3) is 6.47. The number of esters is 1. The van der Waals surface area contributed by atoms with Crippen molar-refractivity contribution in [3.05, 3.63) is 82.0 Å². The molecule has 39 heavy (non-hydrogen) atoms. The molecule has 0 aromatic heterocycles. The summed E-state index contributed by atoms with van der Waals surface area (Å²) in [5.74, 6) is 0.943. The molecular weight excluding hydrogens is 514 g/mol. The van der Waals surface area contributed by atoms with E-state index < -0.39 is 12.0 Å².